The maximum Gasteiger partial charge on any atom is 0.194 e. The van der Waals surface area contributed by atoms with Crippen LogP contribution >= 0.6 is 24.0 Å². The topological polar surface area (TPSA) is 80.2 Å². The molecule has 0 spiro atoms. The summed E-state index contributed by atoms with van der Waals surface area (Å²) in [4.78, 5) is 7.32. The van der Waals surface area contributed by atoms with Crippen molar-refractivity contribution < 1.29 is 17.9 Å². The first-order valence-corrected chi connectivity index (χ1v) is 11.8. The summed E-state index contributed by atoms with van der Waals surface area (Å²) < 4.78 is 34.1. The Balaban J connectivity index is 0.00000341. The fraction of sp³-hybridized carbons (Fsp3) is 0.409. The zero-order chi connectivity index (χ0) is 21.7. The third kappa shape index (κ3) is 6.25. The molecular formula is C22H30IN3O4S. The lowest BCUT2D eigenvalue weighted by Crippen LogP contribution is -2.44. The Morgan fingerprint density at radius 2 is 1.71 bits per heavy atom. The number of aliphatic imine (C=N–C) groups is 1. The van der Waals surface area contributed by atoms with Crippen molar-refractivity contribution in [3.05, 3.63) is 53.1 Å². The second-order valence-corrected chi connectivity index (χ2v) is 9.25. The minimum absolute atomic E-state index is 0. The smallest absolute Gasteiger partial charge is 0.194 e. The summed E-state index contributed by atoms with van der Waals surface area (Å²) in [7, 11) is 0.103. The van der Waals surface area contributed by atoms with Gasteiger partial charge in [0.25, 0.3) is 0 Å². The van der Waals surface area contributed by atoms with Crippen molar-refractivity contribution in [2.75, 3.05) is 33.6 Å². The average molecular weight is 559 g/mol. The fourth-order valence-electron chi connectivity index (χ4n) is 3.50. The number of benzene rings is 2. The van der Waals surface area contributed by atoms with E-state index >= 15 is 0 Å². The van der Waals surface area contributed by atoms with Gasteiger partial charge in [0.1, 0.15) is 0 Å². The highest BCUT2D eigenvalue weighted by Crippen LogP contribution is 2.33. The fourth-order valence-corrected chi connectivity index (χ4v) is 4.13. The van der Waals surface area contributed by atoms with E-state index < -0.39 is 9.84 Å². The molecule has 31 heavy (non-hydrogen) atoms. The molecule has 0 saturated carbocycles. The highest BCUT2D eigenvalue weighted by molar-refractivity contribution is 14.0. The number of ether oxygens (including phenoxy) is 2. The number of nitrogens with one attached hydrogen (secondary N) is 1. The van der Waals surface area contributed by atoms with E-state index in [9.17, 15) is 8.42 Å². The van der Waals surface area contributed by atoms with Gasteiger partial charge < -0.3 is 19.7 Å². The summed E-state index contributed by atoms with van der Waals surface area (Å²) in [5.74, 6) is 2.32. The lowest BCUT2D eigenvalue weighted by molar-refractivity contribution is 0.346. The van der Waals surface area contributed by atoms with E-state index in [1.165, 1.54) is 17.4 Å². The van der Waals surface area contributed by atoms with E-state index in [4.69, 9.17) is 14.5 Å². The molecule has 0 bridgehead atoms. The Bertz CT molecular complexity index is 1020. The third-order valence-corrected chi connectivity index (χ3v) is 6.24. The first kappa shape index (κ1) is 25.3. The molecule has 1 aliphatic heterocycles. The number of guanidine groups is 1. The van der Waals surface area contributed by atoms with Crippen molar-refractivity contribution in [1.29, 1.82) is 0 Å². The maximum absolute atomic E-state index is 11.6. The van der Waals surface area contributed by atoms with Crippen LogP contribution in [0.1, 0.15) is 23.6 Å². The van der Waals surface area contributed by atoms with Gasteiger partial charge in [-0.25, -0.2) is 13.4 Å². The highest BCUT2D eigenvalue weighted by Gasteiger charge is 2.21. The van der Waals surface area contributed by atoms with Crippen LogP contribution in [0.5, 0.6) is 11.5 Å². The largest absolute Gasteiger partial charge is 0.493 e. The number of hydrogen-bond donors (Lipinski definition) is 1. The second-order valence-electron chi connectivity index (χ2n) is 7.23. The summed E-state index contributed by atoms with van der Waals surface area (Å²) in [6.07, 6.45) is 2.10. The number of rotatable bonds is 6. The quantitative estimate of drug-likeness (QED) is 0.333. The molecular weight excluding hydrogens is 529 g/mol. The summed E-state index contributed by atoms with van der Waals surface area (Å²) in [5, 5.41) is 3.36. The molecule has 0 radical (unpaired) electrons. The minimum Gasteiger partial charge on any atom is -0.493 e. The summed E-state index contributed by atoms with van der Waals surface area (Å²) >= 11 is 0. The van der Waals surface area contributed by atoms with E-state index in [0.717, 1.165) is 49.1 Å². The van der Waals surface area contributed by atoms with E-state index in [1.807, 2.05) is 25.1 Å². The zero-order valence-corrected chi connectivity index (χ0v) is 21.5. The van der Waals surface area contributed by atoms with Gasteiger partial charge in [-0.15, -0.1) is 24.0 Å². The molecule has 0 amide bonds. The Morgan fingerprint density at radius 1 is 1.10 bits per heavy atom. The van der Waals surface area contributed by atoms with Crippen LogP contribution in [0, 0.1) is 0 Å². The molecule has 170 valence electrons. The van der Waals surface area contributed by atoms with Crippen molar-refractivity contribution in [3.8, 4) is 11.5 Å². The van der Waals surface area contributed by atoms with Crippen LogP contribution in [0.4, 0.5) is 0 Å². The van der Waals surface area contributed by atoms with Gasteiger partial charge in [-0.1, -0.05) is 12.1 Å². The Hall–Kier alpha value is -2.01. The van der Waals surface area contributed by atoms with Gasteiger partial charge >= 0.3 is 0 Å². The summed E-state index contributed by atoms with van der Waals surface area (Å²) in [6.45, 7) is 4.86. The highest BCUT2D eigenvalue weighted by atomic mass is 127. The number of methoxy groups -OCH3 is 2. The second kappa shape index (κ2) is 11.0. The van der Waals surface area contributed by atoms with Crippen LogP contribution in [-0.4, -0.2) is 52.8 Å². The van der Waals surface area contributed by atoms with Gasteiger partial charge in [0, 0.05) is 25.9 Å². The van der Waals surface area contributed by atoms with Crippen molar-refractivity contribution in [1.82, 2.24) is 10.2 Å². The monoisotopic (exact) mass is 559 g/mol. The molecule has 3 rings (SSSR count). The predicted octanol–water partition coefficient (Wildman–Crippen LogP) is 3.25. The summed E-state index contributed by atoms with van der Waals surface area (Å²) in [5.41, 5.74) is 3.42. The van der Waals surface area contributed by atoms with Gasteiger partial charge in [-0.05, 0) is 54.3 Å². The maximum atomic E-state index is 11.6. The van der Waals surface area contributed by atoms with Gasteiger partial charge in [-0.2, -0.15) is 0 Å². The minimum atomic E-state index is -3.19. The first-order chi connectivity index (χ1) is 14.4. The van der Waals surface area contributed by atoms with Crippen LogP contribution in [0.25, 0.3) is 0 Å². The van der Waals surface area contributed by atoms with E-state index in [0.29, 0.717) is 11.4 Å². The Morgan fingerprint density at radius 3 is 2.26 bits per heavy atom. The number of hydrogen-bond acceptors (Lipinski definition) is 5. The molecule has 1 N–H and O–H groups in total. The Labute approximate surface area is 201 Å². The van der Waals surface area contributed by atoms with Crippen LogP contribution < -0.4 is 14.8 Å². The molecule has 0 aliphatic carbocycles. The lowest BCUT2D eigenvalue weighted by Gasteiger charge is -2.32. The van der Waals surface area contributed by atoms with Gasteiger partial charge in [0.15, 0.2) is 27.3 Å². The lowest BCUT2D eigenvalue weighted by atomic mass is 9.99. The normalized spacial score (nSPS) is 13.8. The number of nitrogens with zero attached hydrogens (tertiary/aromatic N) is 2. The van der Waals surface area contributed by atoms with Crippen LogP contribution in [0.15, 0.2) is 46.3 Å². The SMILES string of the molecule is CCNC(=NCc1ccc(S(C)(=O)=O)cc1)N1CCc2cc(OC)c(OC)cc2C1.I. The molecule has 0 aromatic heterocycles. The number of fused-ring (bicyclic) bond motifs is 1. The molecule has 0 atom stereocenters. The van der Waals surface area contributed by atoms with Crippen molar-refractivity contribution >= 4 is 39.8 Å². The standard InChI is InChI=1S/C22H29N3O4S.HI/c1-5-23-22(24-14-16-6-8-19(9-7-16)30(4,26)27)25-11-10-17-12-20(28-2)21(29-3)13-18(17)15-25;/h6-9,12-13H,5,10-11,14-15H2,1-4H3,(H,23,24);1H. The number of sulfone groups is 1. The van der Waals surface area contributed by atoms with Crippen LogP contribution in [0.2, 0.25) is 0 Å². The van der Waals surface area contributed by atoms with E-state index in [2.05, 4.69) is 16.3 Å². The molecule has 0 fully saturated rings. The summed E-state index contributed by atoms with van der Waals surface area (Å²) in [6, 6.07) is 11.0. The molecule has 2 aromatic carbocycles. The molecule has 1 heterocycles. The molecule has 0 unspecified atom stereocenters. The molecule has 0 saturated heterocycles. The van der Waals surface area contributed by atoms with Gasteiger partial charge in [0.05, 0.1) is 25.7 Å². The van der Waals surface area contributed by atoms with Crippen LogP contribution in [-0.2, 0) is 29.3 Å². The number of halogens is 1. The zero-order valence-electron chi connectivity index (χ0n) is 18.3. The van der Waals surface area contributed by atoms with Crippen LogP contribution in [0.3, 0.4) is 0 Å². The van der Waals surface area contributed by atoms with Crippen molar-refractivity contribution in [2.24, 2.45) is 4.99 Å². The Kier molecular flexibility index (Phi) is 8.99. The van der Waals surface area contributed by atoms with Gasteiger partial charge in [0.2, 0.25) is 0 Å². The molecule has 7 nitrogen and oxygen atoms in total. The molecule has 2 aromatic rings. The molecule has 9 heteroatoms. The van der Waals surface area contributed by atoms with Crippen molar-refractivity contribution in [2.45, 2.75) is 31.3 Å². The molecule has 1 aliphatic rings. The van der Waals surface area contributed by atoms with Crippen molar-refractivity contribution in [3.63, 3.8) is 0 Å². The van der Waals surface area contributed by atoms with E-state index in [-0.39, 0.29) is 24.0 Å². The first-order valence-electron chi connectivity index (χ1n) is 9.91. The third-order valence-electron chi connectivity index (χ3n) is 5.12. The van der Waals surface area contributed by atoms with E-state index in [1.54, 1.807) is 26.4 Å². The average Bonchev–Trinajstić information content (AvgIpc) is 2.74. The van der Waals surface area contributed by atoms with Gasteiger partial charge in [-0.3, -0.25) is 0 Å². The predicted molar refractivity (Wildman–Crippen MR) is 133 cm³/mol.